The molecule has 2 aliphatic rings. The largest absolute Gasteiger partial charge is 0.391 e. The minimum Gasteiger partial charge on any atom is -0.391 e. The van der Waals surface area contributed by atoms with Crippen LogP contribution < -0.4 is 0 Å². The molecule has 0 spiro atoms. The van der Waals surface area contributed by atoms with E-state index in [1.165, 1.54) is 0 Å². The Kier molecular flexibility index (Phi) is 4.88. The number of nitrogens with zero attached hydrogens (tertiary/aromatic N) is 3. The number of carbonyl (C=O) groups excluding carboxylic acids is 1. The minimum absolute atomic E-state index is 0.00636. The zero-order valence-corrected chi connectivity index (χ0v) is 17.6. The number of hydrogen-bond acceptors (Lipinski definition) is 3. The van der Waals surface area contributed by atoms with Crippen molar-refractivity contribution in [2.75, 3.05) is 0 Å². The van der Waals surface area contributed by atoms with Crippen molar-refractivity contribution in [1.82, 2.24) is 14.7 Å². The van der Waals surface area contributed by atoms with Crippen molar-refractivity contribution in [2.45, 2.75) is 51.3 Å². The van der Waals surface area contributed by atoms with E-state index in [1.807, 2.05) is 47.0 Å². The summed E-state index contributed by atoms with van der Waals surface area (Å²) < 4.78 is 1.83. The first-order valence-electron chi connectivity index (χ1n) is 10.4. The summed E-state index contributed by atoms with van der Waals surface area (Å²) in [6, 6.07) is 12.1. The van der Waals surface area contributed by atoms with Crippen LogP contribution in [0.1, 0.15) is 51.9 Å². The van der Waals surface area contributed by atoms with Gasteiger partial charge in [0.1, 0.15) is 0 Å². The lowest BCUT2D eigenvalue weighted by molar-refractivity contribution is 0.0479. The van der Waals surface area contributed by atoms with Crippen molar-refractivity contribution < 1.29 is 9.90 Å². The maximum absolute atomic E-state index is 13.1. The van der Waals surface area contributed by atoms with Crippen molar-refractivity contribution in [3.8, 4) is 5.69 Å². The van der Waals surface area contributed by atoms with Gasteiger partial charge in [0.15, 0.2) is 0 Å². The summed E-state index contributed by atoms with van der Waals surface area (Å²) in [4.78, 5) is 14.9. The molecule has 1 saturated carbocycles. The summed E-state index contributed by atoms with van der Waals surface area (Å²) in [5, 5.41) is 15.2. The van der Waals surface area contributed by atoms with E-state index in [9.17, 15) is 9.90 Å². The van der Waals surface area contributed by atoms with Crippen LogP contribution >= 0.6 is 11.6 Å². The molecule has 2 aromatic carbocycles. The predicted molar refractivity (Wildman–Crippen MR) is 116 cm³/mol. The Morgan fingerprint density at radius 3 is 2.70 bits per heavy atom. The van der Waals surface area contributed by atoms with Gasteiger partial charge in [-0.3, -0.25) is 4.79 Å². The first-order chi connectivity index (χ1) is 14.5. The van der Waals surface area contributed by atoms with Crippen LogP contribution in [0.3, 0.4) is 0 Å². The predicted octanol–water partition coefficient (Wildman–Crippen LogP) is 4.29. The number of fused-ring (bicyclic) bond motifs is 1. The SMILES string of the molecule is Cc1c(Cc2ccc(-n3cccn3)cc2)cc2c(c1Cl)CN([C@@H]1CCC[C@H]1O)C2=O. The third-order valence-corrected chi connectivity index (χ3v) is 6.99. The van der Waals surface area contributed by atoms with Gasteiger partial charge in [0.25, 0.3) is 5.91 Å². The minimum atomic E-state index is -0.434. The van der Waals surface area contributed by atoms with E-state index < -0.39 is 6.10 Å². The molecule has 2 atom stereocenters. The Morgan fingerprint density at radius 2 is 2.03 bits per heavy atom. The molecule has 0 bridgehead atoms. The number of rotatable bonds is 4. The van der Waals surface area contributed by atoms with Crippen LogP contribution in [-0.4, -0.2) is 37.8 Å². The normalized spacial score (nSPS) is 20.8. The third kappa shape index (κ3) is 3.22. The zero-order valence-electron chi connectivity index (χ0n) is 16.9. The van der Waals surface area contributed by atoms with Gasteiger partial charge < -0.3 is 10.0 Å². The molecule has 1 N–H and O–H groups in total. The third-order valence-electron chi connectivity index (χ3n) is 6.48. The second-order valence-corrected chi connectivity index (χ2v) is 8.67. The van der Waals surface area contributed by atoms with E-state index in [4.69, 9.17) is 11.6 Å². The average molecular weight is 422 g/mol. The van der Waals surface area contributed by atoms with Gasteiger partial charge in [-0.25, -0.2) is 4.68 Å². The van der Waals surface area contributed by atoms with Gasteiger partial charge in [-0.1, -0.05) is 23.7 Å². The Hall–Kier alpha value is -2.63. The molecular formula is C24H24ClN3O2. The standard InChI is InChI=1S/C24H24ClN3O2/c1-15-17(12-16-6-8-18(9-7-16)28-11-3-10-26-28)13-19-20(23(15)25)14-27(24(19)30)21-4-2-5-22(21)29/h3,6-11,13,21-22,29H,2,4-5,12,14H2,1H3/t21-,22-/m1/s1. The van der Waals surface area contributed by atoms with Gasteiger partial charge in [0.2, 0.25) is 0 Å². The second kappa shape index (κ2) is 7.56. The highest BCUT2D eigenvalue weighted by Crippen LogP contribution is 2.38. The molecule has 2 heterocycles. The summed E-state index contributed by atoms with van der Waals surface area (Å²) in [6.07, 6.45) is 6.52. The highest BCUT2D eigenvalue weighted by molar-refractivity contribution is 6.33. The van der Waals surface area contributed by atoms with Crippen molar-refractivity contribution >= 4 is 17.5 Å². The molecule has 6 heteroatoms. The van der Waals surface area contributed by atoms with Gasteiger partial charge >= 0.3 is 0 Å². The number of hydrogen-bond donors (Lipinski definition) is 1. The quantitative estimate of drug-likeness (QED) is 0.683. The molecule has 0 radical (unpaired) electrons. The highest BCUT2D eigenvalue weighted by Gasteiger charge is 2.39. The second-order valence-electron chi connectivity index (χ2n) is 8.29. The van der Waals surface area contributed by atoms with E-state index in [0.29, 0.717) is 23.6 Å². The first-order valence-corrected chi connectivity index (χ1v) is 10.8. The van der Waals surface area contributed by atoms with Gasteiger partial charge in [-0.05, 0) is 73.6 Å². The summed E-state index contributed by atoms with van der Waals surface area (Å²) in [6.45, 7) is 2.52. The van der Waals surface area contributed by atoms with E-state index in [1.54, 1.807) is 6.20 Å². The summed E-state index contributed by atoms with van der Waals surface area (Å²) >= 11 is 6.72. The molecule has 1 aliphatic carbocycles. The summed E-state index contributed by atoms with van der Waals surface area (Å²) in [5.74, 6) is -0.00636. The van der Waals surface area contributed by atoms with Crippen molar-refractivity contribution in [3.63, 3.8) is 0 Å². The number of aliphatic hydroxyl groups is 1. The molecule has 3 aromatic rings. The van der Waals surface area contributed by atoms with Gasteiger partial charge in [0, 0.05) is 35.1 Å². The molecule has 30 heavy (non-hydrogen) atoms. The zero-order chi connectivity index (χ0) is 20.8. The lowest BCUT2D eigenvalue weighted by Gasteiger charge is -2.26. The molecule has 5 rings (SSSR count). The van der Waals surface area contributed by atoms with Crippen molar-refractivity contribution in [1.29, 1.82) is 0 Å². The Morgan fingerprint density at radius 1 is 1.23 bits per heavy atom. The lowest BCUT2D eigenvalue weighted by Crippen LogP contribution is -2.40. The van der Waals surface area contributed by atoms with Crippen LogP contribution in [0.5, 0.6) is 0 Å². The van der Waals surface area contributed by atoms with E-state index in [0.717, 1.165) is 47.2 Å². The topological polar surface area (TPSA) is 58.4 Å². The van der Waals surface area contributed by atoms with Crippen LogP contribution in [0.2, 0.25) is 5.02 Å². The van der Waals surface area contributed by atoms with Crippen LogP contribution in [-0.2, 0) is 13.0 Å². The van der Waals surface area contributed by atoms with E-state index in [-0.39, 0.29) is 11.9 Å². The fourth-order valence-electron chi connectivity index (χ4n) is 4.74. The van der Waals surface area contributed by atoms with Gasteiger partial charge in [-0.15, -0.1) is 0 Å². The Labute approximate surface area is 180 Å². The number of benzene rings is 2. The van der Waals surface area contributed by atoms with Crippen LogP contribution in [0.15, 0.2) is 48.8 Å². The molecular weight excluding hydrogens is 398 g/mol. The van der Waals surface area contributed by atoms with Crippen molar-refractivity contribution in [2.24, 2.45) is 0 Å². The molecule has 1 fully saturated rings. The molecule has 5 nitrogen and oxygen atoms in total. The Balaban J connectivity index is 1.42. The fraction of sp³-hybridized carbons (Fsp3) is 0.333. The number of amides is 1. The van der Waals surface area contributed by atoms with E-state index >= 15 is 0 Å². The highest BCUT2D eigenvalue weighted by atomic mass is 35.5. The fourth-order valence-corrected chi connectivity index (χ4v) is 5.02. The molecule has 1 aromatic heterocycles. The molecule has 1 amide bonds. The first kappa shape index (κ1) is 19.3. The smallest absolute Gasteiger partial charge is 0.254 e. The molecule has 1 aliphatic heterocycles. The monoisotopic (exact) mass is 421 g/mol. The molecule has 154 valence electrons. The average Bonchev–Trinajstić information content (AvgIpc) is 3.48. The molecule has 0 unspecified atom stereocenters. The van der Waals surface area contributed by atoms with E-state index in [2.05, 4.69) is 17.2 Å². The van der Waals surface area contributed by atoms with Crippen LogP contribution in [0.4, 0.5) is 0 Å². The van der Waals surface area contributed by atoms with Crippen LogP contribution in [0, 0.1) is 6.92 Å². The maximum Gasteiger partial charge on any atom is 0.254 e. The van der Waals surface area contributed by atoms with Gasteiger partial charge in [-0.2, -0.15) is 5.10 Å². The number of carbonyl (C=O) groups is 1. The number of halogens is 1. The van der Waals surface area contributed by atoms with Crippen molar-refractivity contribution in [3.05, 3.63) is 81.6 Å². The lowest BCUT2D eigenvalue weighted by atomic mass is 9.95. The number of aromatic nitrogens is 2. The van der Waals surface area contributed by atoms with Crippen LogP contribution in [0.25, 0.3) is 5.69 Å². The number of aliphatic hydroxyl groups excluding tert-OH is 1. The molecule has 0 saturated heterocycles. The summed E-state index contributed by atoms with van der Waals surface area (Å²) in [7, 11) is 0. The van der Waals surface area contributed by atoms with Gasteiger partial charge in [0.05, 0.1) is 17.8 Å². The maximum atomic E-state index is 13.1. The summed E-state index contributed by atoms with van der Waals surface area (Å²) in [5.41, 5.74) is 5.83. The Bertz CT molecular complexity index is 1090.